The fourth-order valence-corrected chi connectivity index (χ4v) is 2.51. The molecule has 6 heteroatoms. The van der Waals surface area contributed by atoms with Crippen LogP contribution in [0.25, 0.3) is 0 Å². The minimum atomic E-state index is -0.0976. The molecular formula is C14H23N3O3. The quantitative estimate of drug-likeness (QED) is 0.871. The number of aromatic nitrogens is 2. The van der Waals surface area contributed by atoms with Crippen molar-refractivity contribution in [2.24, 2.45) is 11.3 Å². The van der Waals surface area contributed by atoms with Crippen LogP contribution in [-0.2, 0) is 11.3 Å². The molecule has 0 saturated carbocycles. The third-order valence-electron chi connectivity index (χ3n) is 4.14. The molecule has 0 aliphatic carbocycles. The van der Waals surface area contributed by atoms with Crippen LogP contribution in [0.2, 0.25) is 0 Å². The first-order chi connectivity index (χ1) is 9.52. The van der Waals surface area contributed by atoms with Gasteiger partial charge in [0, 0.05) is 31.7 Å². The SMILES string of the molecule is COCc1nc(OC)cc(N2CC(C)C(C)(CO)C2)n1. The van der Waals surface area contributed by atoms with Gasteiger partial charge in [0.15, 0.2) is 5.82 Å². The highest BCUT2D eigenvalue weighted by Gasteiger charge is 2.40. The lowest BCUT2D eigenvalue weighted by Gasteiger charge is -2.25. The molecule has 0 spiro atoms. The number of rotatable bonds is 5. The molecule has 0 bridgehead atoms. The van der Waals surface area contributed by atoms with E-state index in [0.29, 0.717) is 24.2 Å². The first-order valence-corrected chi connectivity index (χ1v) is 6.79. The zero-order valence-corrected chi connectivity index (χ0v) is 12.6. The molecule has 1 aromatic heterocycles. The van der Waals surface area contributed by atoms with Crippen molar-refractivity contribution in [3.05, 3.63) is 11.9 Å². The summed E-state index contributed by atoms with van der Waals surface area (Å²) in [4.78, 5) is 10.9. The number of aliphatic hydroxyl groups is 1. The van der Waals surface area contributed by atoms with Crippen LogP contribution in [0.4, 0.5) is 5.82 Å². The van der Waals surface area contributed by atoms with Crippen molar-refractivity contribution >= 4 is 5.82 Å². The van der Waals surface area contributed by atoms with Crippen LogP contribution in [0.5, 0.6) is 5.88 Å². The summed E-state index contributed by atoms with van der Waals surface area (Å²) in [7, 11) is 3.20. The second-order valence-electron chi connectivity index (χ2n) is 5.71. The smallest absolute Gasteiger partial charge is 0.218 e. The maximum Gasteiger partial charge on any atom is 0.218 e. The molecule has 6 nitrogen and oxygen atoms in total. The monoisotopic (exact) mass is 281 g/mol. The van der Waals surface area contributed by atoms with Crippen LogP contribution in [0.3, 0.4) is 0 Å². The minimum Gasteiger partial charge on any atom is -0.481 e. The van der Waals surface area contributed by atoms with E-state index in [9.17, 15) is 5.11 Å². The number of methoxy groups -OCH3 is 2. The van der Waals surface area contributed by atoms with Crippen molar-refractivity contribution in [1.29, 1.82) is 0 Å². The number of hydrogen-bond donors (Lipinski definition) is 1. The van der Waals surface area contributed by atoms with Gasteiger partial charge in [0.05, 0.1) is 13.7 Å². The highest BCUT2D eigenvalue weighted by Crippen LogP contribution is 2.37. The summed E-state index contributed by atoms with van der Waals surface area (Å²) < 4.78 is 10.3. The molecule has 0 aromatic carbocycles. The van der Waals surface area contributed by atoms with Gasteiger partial charge in [-0.25, -0.2) is 4.98 Å². The molecule has 1 aliphatic heterocycles. The number of nitrogens with zero attached hydrogens (tertiary/aromatic N) is 3. The highest BCUT2D eigenvalue weighted by molar-refractivity contribution is 5.44. The Morgan fingerprint density at radius 2 is 2.20 bits per heavy atom. The van der Waals surface area contributed by atoms with Crippen LogP contribution in [0, 0.1) is 11.3 Å². The second-order valence-corrected chi connectivity index (χ2v) is 5.71. The standard InChI is InChI=1S/C14H23N3O3/c1-10-6-17(8-14(10,2)9-18)12-5-13(20-4)16-11(15-12)7-19-3/h5,10,18H,6-9H2,1-4H3. The number of ether oxygens (including phenoxy) is 2. The van der Waals surface area contributed by atoms with Crippen molar-refractivity contribution in [2.45, 2.75) is 20.5 Å². The molecule has 2 unspecified atom stereocenters. The number of anilines is 1. The lowest BCUT2D eigenvalue weighted by molar-refractivity contribution is 0.125. The Balaban J connectivity index is 2.26. The van der Waals surface area contributed by atoms with Crippen molar-refractivity contribution < 1.29 is 14.6 Å². The second kappa shape index (κ2) is 5.93. The third-order valence-corrected chi connectivity index (χ3v) is 4.14. The first-order valence-electron chi connectivity index (χ1n) is 6.79. The van der Waals surface area contributed by atoms with E-state index in [1.807, 2.05) is 6.07 Å². The molecule has 1 N–H and O–H groups in total. The van der Waals surface area contributed by atoms with Crippen molar-refractivity contribution in [1.82, 2.24) is 9.97 Å². The summed E-state index contributed by atoms with van der Waals surface area (Å²) in [5.74, 6) is 2.37. The summed E-state index contributed by atoms with van der Waals surface area (Å²) >= 11 is 0. The van der Waals surface area contributed by atoms with Crippen molar-refractivity contribution in [2.75, 3.05) is 38.8 Å². The number of hydrogen-bond acceptors (Lipinski definition) is 6. The lowest BCUT2D eigenvalue weighted by atomic mass is 9.82. The van der Waals surface area contributed by atoms with Crippen LogP contribution in [0.1, 0.15) is 19.7 Å². The Morgan fingerprint density at radius 1 is 1.45 bits per heavy atom. The Hall–Kier alpha value is -1.40. The zero-order valence-electron chi connectivity index (χ0n) is 12.6. The van der Waals surface area contributed by atoms with Gasteiger partial charge < -0.3 is 19.5 Å². The lowest BCUT2D eigenvalue weighted by Crippen LogP contribution is -2.30. The molecule has 1 fully saturated rings. The van der Waals surface area contributed by atoms with E-state index >= 15 is 0 Å². The molecule has 2 heterocycles. The zero-order chi connectivity index (χ0) is 14.8. The average Bonchev–Trinajstić information content (AvgIpc) is 2.75. The Labute approximate surface area is 119 Å². The van der Waals surface area contributed by atoms with Gasteiger partial charge in [-0.3, -0.25) is 0 Å². The molecular weight excluding hydrogens is 258 g/mol. The maximum atomic E-state index is 9.60. The fourth-order valence-electron chi connectivity index (χ4n) is 2.51. The molecule has 1 aliphatic rings. The molecule has 2 rings (SSSR count). The van der Waals surface area contributed by atoms with E-state index in [4.69, 9.17) is 9.47 Å². The van der Waals surface area contributed by atoms with E-state index in [1.165, 1.54) is 0 Å². The predicted octanol–water partition coefficient (Wildman–Crippen LogP) is 1.09. The van der Waals surface area contributed by atoms with Crippen LogP contribution in [-0.4, -0.2) is 49.0 Å². The fraction of sp³-hybridized carbons (Fsp3) is 0.714. The molecule has 112 valence electrons. The highest BCUT2D eigenvalue weighted by atomic mass is 16.5. The van der Waals surface area contributed by atoms with E-state index in [0.717, 1.165) is 18.9 Å². The topological polar surface area (TPSA) is 67.7 Å². The van der Waals surface area contributed by atoms with E-state index in [-0.39, 0.29) is 12.0 Å². The van der Waals surface area contributed by atoms with Gasteiger partial charge in [-0.2, -0.15) is 4.98 Å². The van der Waals surface area contributed by atoms with Crippen molar-refractivity contribution in [3.63, 3.8) is 0 Å². The molecule has 20 heavy (non-hydrogen) atoms. The normalized spacial score (nSPS) is 26.1. The molecule has 2 atom stereocenters. The molecule has 1 saturated heterocycles. The van der Waals surface area contributed by atoms with Gasteiger partial charge in [0.25, 0.3) is 0 Å². The van der Waals surface area contributed by atoms with Gasteiger partial charge in [0.1, 0.15) is 12.4 Å². The molecule has 0 amide bonds. The Bertz CT molecular complexity index is 469. The average molecular weight is 281 g/mol. The summed E-state index contributed by atoms with van der Waals surface area (Å²) in [6, 6.07) is 1.83. The van der Waals surface area contributed by atoms with Crippen LogP contribution < -0.4 is 9.64 Å². The van der Waals surface area contributed by atoms with E-state index < -0.39 is 0 Å². The van der Waals surface area contributed by atoms with E-state index in [1.54, 1.807) is 14.2 Å². The predicted molar refractivity (Wildman–Crippen MR) is 75.9 cm³/mol. The first kappa shape index (κ1) is 15.0. The Morgan fingerprint density at radius 3 is 2.75 bits per heavy atom. The molecule has 1 aromatic rings. The van der Waals surface area contributed by atoms with Gasteiger partial charge in [0.2, 0.25) is 5.88 Å². The molecule has 0 radical (unpaired) electrons. The van der Waals surface area contributed by atoms with Crippen LogP contribution in [0.15, 0.2) is 6.07 Å². The van der Waals surface area contributed by atoms with Crippen molar-refractivity contribution in [3.8, 4) is 5.88 Å². The van der Waals surface area contributed by atoms with Gasteiger partial charge in [-0.1, -0.05) is 13.8 Å². The third kappa shape index (κ3) is 2.86. The summed E-state index contributed by atoms with van der Waals surface area (Å²) in [6.07, 6.45) is 0. The van der Waals surface area contributed by atoms with Gasteiger partial charge in [-0.15, -0.1) is 0 Å². The summed E-state index contributed by atoms with van der Waals surface area (Å²) in [6.45, 7) is 6.43. The summed E-state index contributed by atoms with van der Waals surface area (Å²) in [5.41, 5.74) is -0.0976. The van der Waals surface area contributed by atoms with Gasteiger partial charge in [-0.05, 0) is 5.92 Å². The number of aliphatic hydroxyl groups excluding tert-OH is 1. The summed E-state index contributed by atoms with van der Waals surface area (Å²) in [5, 5.41) is 9.60. The largest absolute Gasteiger partial charge is 0.481 e. The van der Waals surface area contributed by atoms with Gasteiger partial charge >= 0.3 is 0 Å². The van der Waals surface area contributed by atoms with E-state index in [2.05, 4.69) is 28.7 Å². The minimum absolute atomic E-state index is 0.0976. The van der Waals surface area contributed by atoms with Crippen LogP contribution >= 0.6 is 0 Å². The maximum absolute atomic E-state index is 9.60. The Kier molecular flexibility index (Phi) is 4.45.